The third kappa shape index (κ3) is 2.97. The van der Waals surface area contributed by atoms with Crippen molar-refractivity contribution < 1.29 is 14.6 Å². The van der Waals surface area contributed by atoms with E-state index in [0.29, 0.717) is 6.61 Å². The fourth-order valence-corrected chi connectivity index (χ4v) is 1.84. The third-order valence-electron chi connectivity index (χ3n) is 2.44. The van der Waals surface area contributed by atoms with Crippen LogP contribution in [-0.2, 0) is 9.53 Å². The lowest BCUT2D eigenvalue weighted by Gasteiger charge is -2.36. The lowest BCUT2D eigenvalue weighted by atomic mass is 9.89. The quantitative estimate of drug-likeness (QED) is 0.677. The molecule has 1 fully saturated rings. The van der Waals surface area contributed by atoms with Crippen LogP contribution in [0.1, 0.15) is 26.2 Å². The average molecular weight is 187 g/mol. The van der Waals surface area contributed by atoms with Crippen LogP contribution < -0.4 is 5.32 Å². The summed E-state index contributed by atoms with van der Waals surface area (Å²) in [5, 5.41) is 12.0. The second-order valence-electron chi connectivity index (χ2n) is 3.44. The molecule has 1 rings (SSSR count). The molecule has 0 saturated carbocycles. The van der Waals surface area contributed by atoms with Gasteiger partial charge in [0.2, 0.25) is 0 Å². The van der Waals surface area contributed by atoms with Gasteiger partial charge in [0, 0.05) is 6.61 Å². The highest BCUT2D eigenvalue weighted by atomic mass is 16.5. The van der Waals surface area contributed by atoms with Crippen LogP contribution in [0.2, 0.25) is 0 Å². The van der Waals surface area contributed by atoms with Gasteiger partial charge in [-0.15, -0.1) is 0 Å². The van der Waals surface area contributed by atoms with Gasteiger partial charge in [-0.2, -0.15) is 0 Å². The molecule has 0 unspecified atom stereocenters. The molecular formula is C9H17NO3. The van der Waals surface area contributed by atoms with Gasteiger partial charge in [-0.05, 0) is 32.9 Å². The summed E-state index contributed by atoms with van der Waals surface area (Å²) < 4.78 is 5.56. The van der Waals surface area contributed by atoms with E-state index < -0.39 is 11.6 Å². The first-order valence-corrected chi connectivity index (χ1v) is 4.75. The van der Waals surface area contributed by atoms with Gasteiger partial charge in [0.25, 0.3) is 0 Å². The molecule has 0 aliphatic carbocycles. The molecule has 1 heterocycles. The molecule has 1 aliphatic heterocycles. The summed E-state index contributed by atoms with van der Waals surface area (Å²) in [5.74, 6) is -0.768. The van der Waals surface area contributed by atoms with Crippen molar-refractivity contribution in [3.8, 4) is 0 Å². The summed E-state index contributed by atoms with van der Waals surface area (Å²) in [7, 11) is 0. The lowest BCUT2D eigenvalue weighted by Crippen LogP contribution is -2.45. The van der Waals surface area contributed by atoms with Crippen molar-refractivity contribution in [3.63, 3.8) is 0 Å². The average Bonchev–Trinajstić information content (AvgIpc) is 2.04. The van der Waals surface area contributed by atoms with Crippen LogP contribution in [0.4, 0.5) is 0 Å². The molecule has 1 aliphatic rings. The van der Waals surface area contributed by atoms with Crippen molar-refractivity contribution in [1.29, 1.82) is 0 Å². The molecule has 0 radical (unpaired) electrons. The number of ether oxygens (including phenoxy) is 1. The van der Waals surface area contributed by atoms with E-state index in [-0.39, 0.29) is 6.42 Å². The van der Waals surface area contributed by atoms with E-state index in [1.807, 2.05) is 6.92 Å². The van der Waals surface area contributed by atoms with Crippen molar-refractivity contribution >= 4 is 5.97 Å². The standard InChI is InChI=1S/C9H17NO3/c1-2-13-9(7-8(11)12)3-5-10-6-4-9/h10H,2-7H2,1H3,(H,11,12). The summed E-state index contributed by atoms with van der Waals surface area (Å²) >= 11 is 0. The Morgan fingerprint density at radius 1 is 1.54 bits per heavy atom. The number of carbonyl (C=O) groups is 1. The van der Waals surface area contributed by atoms with Gasteiger partial charge in [0.15, 0.2) is 0 Å². The van der Waals surface area contributed by atoms with Crippen molar-refractivity contribution in [2.45, 2.75) is 31.8 Å². The molecule has 0 spiro atoms. The first kappa shape index (κ1) is 10.5. The Morgan fingerprint density at radius 3 is 2.62 bits per heavy atom. The molecule has 0 atom stereocenters. The number of hydrogen-bond acceptors (Lipinski definition) is 3. The molecular weight excluding hydrogens is 170 g/mol. The summed E-state index contributed by atoms with van der Waals surface area (Å²) in [6.07, 6.45) is 1.72. The molecule has 0 amide bonds. The van der Waals surface area contributed by atoms with E-state index in [4.69, 9.17) is 9.84 Å². The second kappa shape index (κ2) is 4.58. The van der Waals surface area contributed by atoms with Gasteiger partial charge in [0.05, 0.1) is 12.0 Å². The molecule has 0 aromatic rings. The highest BCUT2D eigenvalue weighted by Gasteiger charge is 2.34. The van der Waals surface area contributed by atoms with Crippen LogP contribution in [0.15, 0.2) is 0 Å². The van der Waals surface area contributed by atoms with Gasteiger partial charge >= 0.3 is 5.97 Å². The predicted octanol–water partition coefficient (Wildman–Crippen LogP) is 0.620. The first-order chi connectivity index (χ1) is 6.18. The van der Waals surface area contributed by atoms with Crippen LogP contribution in [0.5, 0.6) is 0 Å². The molecule has 4 nitrogen and oxygen atoms in total. The van der Waals surface area contributed by atoms with E-state index >= 15 is 0 Å². The Kier molecular flexibility index (Phi) is 3.69. The number of carboxylic acid groups (broad SMARTS) is 1. The van der Waals surface area contributed by atoms with Crippen LogP contribution in [-0.4, -0.2) is 36.4 Å². The zero-order valence-corrected chi connectivity index (χ0v) is 8.01. The van der Waals surface area contributed by atoms with Crippen molar-refractivity contribution in [1.82, 2.24) is 5.32 Å². The Labute approximate surface area is 78.3 Å². The SMILES string of the molecule is CCOC1(CC(=O)O)CCNCC1. The maximum atomic E-state index is 10.6. The van der Waals surface area contributed by atoms with Crippen LogP contribution in [0.25, 0.3) is 0 Å². The minimum Gasteiger partial charge on any atom is -0.481 e. The van der Waals surface area contributed by atoms with E-state index in [1.54, 1.807) is 0 Å². The van der Waals surface area contributed by atoms with Crippen molar-refractivity contribution in [2.24, 2.45) is 0 Å². The Bertz CT molecular complexity index is 170. The predicted molar refractivity (Wildman–Crippen MR) is 48.7 cm³/mol. The third-order valence-corrected chi connectivity index (χ3v) is 2.44. The Hall–Kier alpha value is -0.610. The number of aliphatic carboxylic acids is 1. The maximum Gasteiger partial charge on any atom is 0.306 e. The number of carboxylic acids is 1. The molecule has 76 valence electrons. The van der Waals surface area contributed by atoms with Crippen LogP contribution >= 0.6 is 0 Å². The van der Waals surface area contributed by atoms with Gasteiger partial charge < -0.3 is 15.2 Å². The second-order valence-corrected chi connectivity index (χ2v) is 3.44. The molecule has 0 aromatic heterocycles. The molecule has 0 bridgehead atoms. The van der Waals surface area contributed by atoms with Crippen molar-refractivity contribution in [2.75, 3.05) is 19.7 Å². The van der Waals surface area contributed by atoms with Crippen LogP contribution in [0.3, 0.4) is 0 Å². The summed E-state index contributed by atoms with van der Waals surface area (Å²) in [6, 6.07) is 0. The number of hydrogen-bond donors (Lipinski definition) is 2. The maximum absolute atomic E-state index is 10.6. The smallest absolute Gasteiger partial charge is 0.306 e. The highest BCUT2D eigenvalue weighted by Crippen LogP contribution is 2.26. The molecule has 0 aromatic carbocycles. The first-order valence-electron chi connectivity index (χ1n) is 4.75. The zero-order valence-electron chi connectivity index (χ0n) is 8.01. The van der Waals surface area contributed by atoms with Gasteiger partial charge in [-0.25, -0.2) is 0 Å². The topological polar surface area (TPSA) is 58.6 Å². The molecule has 1 saturated heterocycles. The van der Waals surface area contributed by atoms with E-state index in [9.17, 15) is 4.79 Å². The van der Waals surface area contributed by atoms with E-state index in [1.165, 1.54) is 0 Å². The fraction of sp³-hybridized carbons (Fsp3) is 0.889. The summed E-state index contributed by atoms with van der Waals surface area (Å²) in [5.41, 5.74) is -0.411. The molecule has 4 heteroatoms. The van der Waals surface area contributed by atoms with Gasteiger partial charge in [0.1, 0.15) is 0 Å². The number of piperidine rings is 1. The number of rotatable bonds is 4. The highest BCUT2D eigenvalue weighted by molar-refractivity contribution is 5.68. The minimum atomic E-state index is -0.768. The summed E-state index contributed by atoms with van der Waals surface area (Å²) in [6.45, 7) is 4.21. The van der Waals surface area contributed by atoms with Crippen LogP contribution in [0, 0.1) is 0 Å². The van der Waals surface area contributed by atoms with E-state index in [0.717, 1.165) is 25.9 Å². The Morgan fingerprint density at radius 2 is 2.15 bits per heavy atom. The van der Waals surface area contributed by atoms with E-state index in [2.05, 4.69) is 5.32 Å². The summed E-state index contributed by atoms with van der Waals surface area (Å²) in [4.78, 5) is 10.6. The monoisotopic (exact) mass is 187 g/mol. The number of nitrogens with one attached hydrogen (secondary N) is 1. The largest absolute Gasteiger partial charge is 0.481 e. The lowest BCUT2D eigenvalue weighted by molar-refractivity contribution is -0.147. The van der Waals surface area contributed by atoms with Gasteiger partial charge in [-0.3, -0.25) is 4.79 Å². The fourth-order valence-electron chi connectivity index (χ4n) is 1.84. The Balaban J connectivity index is 2.55. The van der Waals surface area contributed by atoms with Crippen molar-refractivity contribution in [3.05, 3.63) is 0 Å². The minimum absolute atomic E-state index is 0.127. The molecule has 13 heavy (non-hydrogen) atoms. The normalized spacial score (nSPS) is 21.3. The van der Waals surface area contributed by atoms with Gasteiger partial charge in [-0.1, -0.05) is 0 Å². The zero-order chi connectivity index (χ0) is 9.73. The molecule has 2 N–H and O–H groups in total.